The normalized spacial score (nSPS) is 10.2. The molecule has 0 aliphatic rings. The molecule has 0 radical (unpaired) electrons. The number of nitrogens with one attached hydrogen (secondary N) is 3. The van der Waals surface area contributed by atoms with Crippen molar-refractivity contribution in [1.29, 1.82) is 0 Å². The van der Waals surface area contributed by atoms with Crippen LogP contribution in [0.25, 0.3) is 0 Å². The maximum Gasteiger partial charge on any atom is 0.350 e. The molecule has 9 heteroatoms. The van der Waals surface area contributed by atoms with Gasteiger partial charge in [-0.3, -0.25) is 0 Å². The number of hydrazine groups is 1. The van der Waals surface area contributed by atoms with Gasteiger partial charge in [0.15, 0.2) is 0 Å². The molecule has 0 aromatic carbocycles. The molecule has 3 N–H and O–H groups in total. The molecule has 0 saturated heterocycles. The number of hydrogen-bond donors (Lipinski definition) is 3. The van der Waals surface area contributed by atoms with Crippen LogP contribution in [0.2, 0.25) is 0 Å². The fourth-order valence-electron chi connectivity index (χ4n) is 0.534. The molecule has 0 fully saturated rings. The van der Waals surface area contributed by atoms with Gasteiger partial charge in [0, 0.05) is 14.1 Å². The van der Waals surface area contributed by atoms with E-state index in [4.69, 9.17) is 0 Å². The van der Waals surface area contributed by atoms with Crippen LogP contribution in [0.5, 0.6) is 0 Å². The van der Waals surface area contributed by atoms with Gasteiger partial charge in [0.1, 0.15) is 0 Å². The van der Waals surface area contributed by atoms with Gasteiger partial charge in [-0.05, 0) is 0 Å². The van der Waals surface area contributed by atoms with Crippen LogP contribution in [0.4, 0.5) is 9.59 Å². The van der Waals surface area contributed by atoms with Crippen LogP contribution >= 0.6 is 0 Å². The lowest BCUT2D eigenvalue weighted by molar-refractivity contribution is 0.202. The number of rotatable bonds is 1. The molecule has 0 heterocycles. The van der Waals surface area contributed by atoms with Gasteiger partial charge in [-0.2, -0.15) is 0 Å². The van der Waals surface area contributed by atoms with E-state index < -0.39 is 22.1 Å². The van der Waals surface area contributed by atoms with Crippen LogP contribution in [-0.2, 0) is 10.0 Å². The van der Waals surface area contributed by atoms with Crippen LogP contribution in [0.15, 0.2) is 0 Å². The Hall–Kier alpha value is -1.51. The second-order valence-electron chi connectivity index (χ2n) is 2.27. The highest BCUT2D eigenvalue weighted by Gasteiger charge is 2.23. The first-order chi connectivity index (χ1) is 6.32. The van der Waals surface area contributed by atoms with Crippen molar-refractivity contribution in [3.63, 3.8) is 0 Å². The average molecular weight is 224 g/mol. The molecular weight excluding hydrogens is 212 g/mol. The summed E-state index contributed by atoms with van der Waals surface area (Å²) in [6.07, 6.45) is 0.790. The predicted molar refractivity (Wildman–Crippen MR) is 48.7 cm³/mol. The van der Waals surface area contributed by atoms with E-state index in [0.717, 1.165) is 6.26 Å². The number of carbonyl (C=O) groups is 2. The van der Waals surface area contributed by atoms with Gasteiger partial charge in [-0.1, -0.05) is 0 Å². The van der Waals surface area contributed by atoms with Gasteiger partial charge in [0.05, 0.1) is 6.26 Å². The summed E-state index contributed by atoms with van der Waals surface area (Å²) < 4.78 is 22.2. The Balaban J connectivity index is 4.76. The summed E-state index contributed by atoms with van der Waals surface area (Å²) in [6.45, 7) is 0. The van der Waals surface area contributed by atoms with Gasteiger partial charge >= 0.3 is 12.1 Å². The molecule has 0 aromatic heterocycles. The van der Waals surface area contributed by atoms with Gasteiger partial charge in [0.2, 0.25) is 0 Å². The summed E-state index contributed by atoms with van der Waals surface area (Å²) >= 11 is 0. The van der Waals surface area contributed by atoms with Gasteiger partial charge in [-0.15, -0.1) is 4.41 Å². The lowest BCUT2D eigenvalue weighted by atomic mass is 10.9. The second kappa shape index (κ2) is 4.65. The molecule has 14 heavy (non-hydrogen) atoms. The molecule has 0 aromatic rings. The van der Waals surface area contributed by atoms with Crippen LogP contribution in [0.1, 0.15) is 0 Å². The van der Waals surface area contributed by atoms with E-state index in [0.29, 0.717) is 0 Å². The van der Waals surface area contributed by atoms with Gasteiger partial charge < -0.3 is 10.6 Å². The van der Waals surface area contributed by atoms with Crippen molar-refractivity contribution in [3.05, 3.63) is 0 Å². The van der Waals surface area contributed by atoms with Crippen molar-refractivity contribution in [2.24, 2.45) is 0 Å². The Kier molecular flexibility index (Phi) is 4.15. The van der Waals surface area contributed by atoms with Crippen molar-refractivity contribution >= 4 is 22.1 Å². The molecule has 4 amide bonds. The Morgan fingerprint density at radius 2 is 1.64 bits per heavy atom. The van der Waals surface area contributed by atoms with Crippen molar-refractivity contribution in [2.45, 2.75) is 0 Å². The molecule has 0 unspecified atom stereocenters. The van der Waals surface area contributed by atoms with Gasteiger partial charge in [-0.25, -0.2) is 23.4 Å². The number of carbonyl (C=O) groups excluding carboxylic acids is 2. The molecule has 0 saturated carbocycles. The fraction of sp³-hybridized carbons (Fsp3) is 0.600. The molecule has 0 bridgehead atoms. The van der Waals surface area contributed by atoms with E-state index in [-0.39, 0.29) is 4.41 Å². The summed E-state index contributed by atoms with van der Waals surface area (Å²) in [7, 11) is -1.30. The topological polar surface area (TPSA) is 108 Å². The highest BCUT2D eigenvalue weighted by molar-refractivity contribution is 7.88. The zero-order valence-electron chi connectivity index (χ0n) is 7.99. The average Bonchev–Trinajstić information content (AvgIpc) is 2.10. The summed E-state index contributed by atoms with van der Waals surface area (Å²) in [5.74, 6) is 0. The maximum atomic E-state index is 11.0. The fourth-order valence-corrected chi connectivity index (χ4v) is 1.18. The first kappa shape index (κ1) is 12.5. The molecule has 0 atom stereocenters. The molecule has 0 spiro atoms. The van der Waals surface area contributed by atoms with E-state index in [1.54, 1.807) is 0 Å². The first-order valence-electron chi connectivity index (χ1n) is 3.53. The number of sulfonamides is 1. The quantitative estimate of drug-likeness (QED) is 0.468. The van der Waals surface area contributed by atoms with Crippen molar-refractivity contribution < 1.29 is 18.0 Å². The summed E-state index contributed by atoms with van der Waals surface area (Å²) in [5, 5.41) is 4.18. The van der Waals surface area contributed by atoms with Crippen LogP contribution < -0.4 is 16.1 Å². The van der Waals surface area contributed by atoms with Crippen LogP contribution in [0.3, 0.4) is 0 Å². The first-order valence-corrected chi connectivity index (χ1v) is 5.38. The number of nitrogens with zero attached hydrogens (tertiary/aromatic N) is 1. The van der Waals surface area contributed by atoms with E-state index in [1.165, 1.54) is 14.1 Å². The third-order valence-corrected chi connectivity index (χ3v) is 2.08. The number of urea groups is 2. The molecule has 82 valence electrons. The number of hydrogen-bond acceptors (Lipinski definition) is 4. The van der Waals surface area contributed by atoms with Crippen LogP contribution in [0, 0.1) is 0 Å². The summed E-state index contributed by atoms with van der Waals surface area (Å²) in [6, 6.07) is -1.75. The second-order valence-corrected chi connectivity index (χ2v) is 4.10. The van der Waals surface area contributed by atoms with E-state index in [2.05, 4.69) is 10.6 Å². The van der Waals surface area contributed by atoms with Crippen molar-refractivity contribution in [1.82, 2.24) is 20.5 Å². The van der Waals surface area contributed by atoms with Crippen LogP contribution in [-0.4, -0.2) is 45.2 Å². The van der Waals surface area contributed by atoms with E-state index in [9.17, 15) is 18.0 Å². The summed E-state index contributed by atoms with van der Waals surface area (Å²) in [5.41, 5.74) is 1.84. The SMILES string of the molecule is CNC(=O)NN(C(=O)NC)S(C)(=O)=O. The lowest BCUT2D eigenvalue weighted by Gasteiger charge is -2.19. The minimum absolute atomic E-state index is 0.200. The lowest BCUT2D eigenvalue weighted by Crippen LogP contribution is -2.54. The minimum Gasteiger partial charge on any atom is -0.340 e. The third-order valence-electron chi connectivity index (χ3n) is 1.16. The Morgan fingerprint density at radius 3 is 1.93 bits per heavy atom. The molecule has 8 nitrogen and oxygen atoms in total. The molecular formula is C5H12N4O4S. The Bertz CT molecular complexity index is 325. The molecule has 0 aliphatic heterocycles. The van der Waals surface area contributed by atoms with Crippen molar-refractivity contribution in [2.75, 3.05) is 20.4 Å². The van der Waals surface area contributed by atoms with E-state index >= 15 is 0 Å². The Labute approximate surface area is 81.7 Å². The minimum atomic E-state index is -3.83. The summed E-state index contributed by atoms with van der Waals surface area (Å²) in [4.78, 5) is 21.8. The maximum absolute atomic E-state index is 11.0. The molecule has 0 rings (SSSR count). The predicted octanol–water partition coefficient (Wildman–Crippen LogP) is -1.57. The van der Waals surface area contributed by atoms with Gasteiger partial charge in [0.25, 0.3) is 10.0 Å². The smallest absolute Gasteiger partial charge is 0.340 e. The van der Waals surface area contributed by atoms with Crippen molar-refractivity contribution in [3.8, 4) is 0 Å². The number of amides is 4. The third kappa shape index (κ3) is 3.47. The van der Waals surface area contributed by atoms with E-state index in [1.807, 2.05) is 5.43 Å². The Morgan fingerprint density at radius 1 is 1.14 bits per heavy atom. The monoisotopic (exact) mass is 224 g/mol. The highest BCUT2D eigenvalue weighted by atomic mass is 32.2. The standard InChI is InChI=1S/C5H12N4O4S/c1-6-4(10)8-9(5(11)7-2)14(3,12)13/h1-3H3,(H,7,11)(H2,6,8,10). The largest absolute Gasteiger partial charge is 0.350 e. The zero-order chi connectivity index (χ0) is 11.4. The zero-order valence-corrected chi connectivity index (χ0v) is 8.80. The molecule has 0 aliphatic carbocycles. The highest BCUT2D eigenvalue weighted by Crippen LogP contribution is 1.93.